The lowest BCUT2D eigenvalue weighted by atomic mass is 9.99. The number of hydrogen-bond acceptors (Lipinski definition) is 4. The summed E-state index contributed by atoms with van der Waals surface area (Å²) in [4.78, 5) is 18.0. The Morgan fingerprint density at radius 3 is 2.77 bits per heavy atom. The van der Waals surface area contributed by atoms with Gasteiger partial charge in [0.2, 0.25) is 5.91 Å². The third-order valence-corrected chi connectivity index (χ3v) is 7.46. The van der Waals surface area contributed by atoms with Crippen LogP contribution < -0.4 is 0 Å². The molecule has 142 valence electrons. The molecule has 0 aromatic heterocycles. The Kier molecular flexibility index (Phi) is 6.01. The molecule has 2 fully saturated rings. The number of fused-ring (bicyclic) bond motifs is 1. The van der Waals surface area contributed by atoms with Crippen molar-refractivity contribution in [1.82, 2.24) is 9.80 Å². The van der Waals surface area contributed by atoms with E-state index in [0.29, 0.717) is 10.0 Å². The van der Waals surface area contributed by atoms with Crippen LogP contribution >= 0.6 is 35.0 Å². The van der Waals surface area contributed by atoms with Crippen molar-refractivity contribution in [1.29, 1.82) is 0 Å². The van der Waals surface area contributed by atoms with Crippen LogP contribution in [-0.2, 0) is 16.0 Å². The van der Waals surface area contributed by atoms with E-state index in [1.807, 2.05) is 23.9 Å². The van der Waals surface area contributed by atoms with Gasteiger partial charge >= 0.3 is 0 Å². The summed E-state index contributed by atoms with van der Waals surface area (Å²) in [5, 5.41) is 1.13. The Hall–Kier alpha value is -0.460. The highest BCUT2D eigenvalue weighted by Crippen LogP contribution is 2.39. The Morgan fingerprint density at radius 1 is 1.19 bits per heavy atom. The van der Waals surface area contributed by atoms with Crippen LogP contribution in [0.5, 0.6) is 0 Å². The smallest absolute Gasteiger partial charge is 0.230 e. The number of carbonyl (C=O) groups is 1. The van der Waals surface area contributed by atoms with E-state index in [1.165, 1.54) is 5.56 Å². The lowest BCUT2D eigenvalue weighted by Crippen LogP contribution is -2.54. The van der Waals surface area contributed by atoms with Gasteiger partial charge in [-0.25, -0.2) is 0 Å². The first-order valence-corrected chi connectivity index (χ1v) is 11.2. The third kappa shape index (κ3) is 3.88. The number of nitrogens with zero attached hydrogens (tertiary/aromatic N) is 2. The number of amides is 1. The zero-order valence-electron chi connectivity index (χ0n) is 14.8. The minimum atomic E-state index is -0.0740. The molecule has 7 heteroatoms. The van der Waals surface area contributed by atoms with E-state index in [1.54, 1.807) is 0 Å². The SMILES string of the molecule is O=C(C1CCc2cc(Cl)c(Cl)cc21)N1CCSCC1CN1CCOCC1. The zero-order valence-corrected chi connectivity index (χ0v) is 17.1. The molecular formula is C19H24Cl2N2O2S. The van der Waals surface area contributed by atoms with Gasteiger partial charge in [0.25, 0.3) is 0 Å². The van der Waals surface area contributed by atoms with Gasteiger partial charge in [0.15, 0.2) is 0 Å². The lowest BCUT2D eigenvalue weighted by molar-refractivity contribution is -0.135. The molecule has 4 nitrogen and oxygen atoms in total. The quantitative estimate of drug-likeness (QED) is 0.759. The number of benzene rings is 1. The molecular weight excluding hydrogens is 391 g/mol. The Morgan fingerprint density at radius 2 is 1.96 bits per heavy atom. The maximum atomic E-state index is 13.4. The molecule has 0 radical (unpaired) electrons. The normalized spacial score (nSPS) is 26.8. The lowest BCUT2D eigenvalue weighted by Gasteiger charge is -2.40. The fourth-order valence-electron chi connectivity index (χ4n) is 4.23. The molecule has 3 aliphatic rings. The molecule has 0 N–H and O–H groups in total. The second-order valence-corrected chi connectivity index (χ2v) is 9.19. The van der Waals surface area contributed by atoms with E-state index in [2.05, 4.69) is 9.80 Å². The maximum Gasteiger partial charge on any atom is 0.230 e. The number of aryl methyl sites for hydroxylation is 1. The largest absolute Gasteiger partial charge is 0.379 e. The molecule has 1 amide bonds. The molecule has 0 bridgehead atoms. The molecule has 1 aromatic carbocycles. The van der Waals surface area contributed by atoms with Crippen molar-refractivity contribution in [3.05, 3.63) is 33.3 Å². The van der Waals surface area contributed by atoms with E-state index in [9.17, 15) is 4.79 Å². The van der Waals surface area contributed by atoms with Crippen molar-refractivity contribution >= 4 is 40.9 Å². The van der Waals surface area contributed by atoms with Crippen LogP contribution in [-0.4, -0.2) is 72.6 Å². The fourth-order valence-corrected chi connectivity index (χ4v) is 5.64. The van der Waals surface area contributed by atoms with Gasteiger partial charge < -0.3 is 9.64 Å². The summed E-state index contributed by atoms with van der Waals surface area (Å²) in [6.07, 6.45) is 1.76. The summed E-state index contributed by atoms with van der Waals surface area (Å²) in [5.41, 5.74) is 2.25. The molecule has 4 rings (SSSR count). The molecule has 2 heterocycles. The molecule has 2 aliphatic heterocycles. The van der Waals surface area contributed by atoms with Crippen molar-refractivity contribution < 1.29 is 9.53 Å². The van der Waals surface area contributed by atoms with Crippen LogP contribution in [0.15, 0.2) is 12.1 Å². The van der Waals surface area contributed by atoms with Gasteiger partial charge in [0.05, 0.1) is 35.2 Å². The van der Waals surface area contributed by atoms with Crippen molar-refractivity contribution in [3.63, 3.8) is 0 Å². The number of rotatable bonds is 3. The highest BCUT2D eigenvalue weighted by molar-refractivity contribution is 7.99. The van der Waals surface area contributed by atoms with E-state index in [0.717, 1.165) is 69.3 Å². The predicted molar refractivity (Wildman–Crippen MR) is 108 cm³/mol. The first-order valence-electron chi connectivity index (χ1n) is 9.29. The van der Waals surface area contributed by atoms with Gasteiger partial charge in [-0.15, -0.1) is 0 Å². The highest BCUT2D eigenvalue weighted by Gasteiger charge is 2.37. The summed E-state index contributed by atoms with van der Waals surface area (Å²) >= 11 is 14.3. The average Bonchev–Trinajstić information content (AvgIpc) is 3.05. The van der Waals surface area contributed by atoms with Gasteiger partial charge in [0, 0.05) is 37.7 Å². The third-order valence-electron chi connectivity index (χ3n) is 5.64. The first kappa shape index (κ1) is 18.9. The van der Waals surface area contributed by atoms with Crippen LogP contribution in [0.3, 0.4) is 0 Å². The van der Waals surface area contributed by atoms with Gasteiger partial charge in [-0.1, -0.05) is 23.2 Å². The number of carbonyl (C=O) groups excluding carboxylic acids is 1. The van der Waals surface area contributed by atoms with Crippen molar-refractivity contribution in [2.45, 2.75) is 24.8 Å². The molecule has 2 unspecified atom stereocenters. The minimum Gasteiger partial charge on any atom is -0.379 e. The van der Waals surface area contributed by atoms with E-state index in [4.69, 9.17) is 27.9 Å². The van der Waals surface area contributed by atoms with E-state index < -0.39 is 0 Å². The predicted octanol–water partition coefficient (Wildman–Crippen LogP) is 3.30. The molecule has 0 spiro atoms. The number of hydrogen-bond donors (Lipinski definition) is 0. The summed E-state index contributed by atoms with van der Waals surface area (Å²) in [6, 6.07) is 4.12. The summed E-state index contributed by atoms with van der Waals surface area (Å²) in [7, 11) is 0. The van der Waals surface area contributed by atoms with Crippen molar-refractivity contribution in [2.75, 3.05) is 50.9 Å². The van der Waals surface area contributed by atoms with Crippen LogP contribution in [0.4, 0.5) is 0 Å². The maximum absolute atomic E-state index is 13.4. The van der Waals surface area contributed by atoms with Crippen molar-refractivity contribution in [3.8, 4) is 0 Å². The number of thioether (sulfide) groups is 1. The van der Waals surface area contributed by atoms with E-state index in [-0.39, 0.29) is 17.9 Å². The summed E-state index contributed by atoms with van der Waals surface area (Å²) in [5.74, 6) is 2.23. The van der Waals surface area contributed by atoms with Crippen molar-refractivity contribution in [2.24, 2.45) is 0 Å². The Labute approximate surface area is 169 Å². The molecule has 1 aromatic rings. The van der Waals surface area contributed by atoms with Crippen LogP contribution in [0.25, 0.3) is 0 Å². The monoisotopic (exact) mass is 414 g/mol. The van der Waals surface area contributed by atoms with Gasteiger partial charge in [-0.3, -0.25) is 9.69 Å². The molecule has 1 aliphatic carbocycles. The fraction of sp³-hybridized carbons (Fsp3) is 0.632. The average molecular weight is 415 g/mol. The van der Waals surface area contributed by atoms with Gasteiger partial charge in [-0.2, -0.15) is 11.8 Å². The first-order chi connectivity index (χ1) is 12.6. The molecule has 0 saturated carbocycles. The van der Waals surface area contributed by atoms with Crippen LogP contribution in [0.1, 0.15) is 23.5 Å². The number of morpholine rings is 1. The number of ether oxygens (including phenoxy) is 1. The highest BCUT2D eigenvalue weighted by atomic mass is 35.5. The van der Waals surface area contributed by atoms with Crippen LogP contribution in [0.2, 0.25) is 10.0 Å². The van der Waals surface area contributed by atoms with E-state index >= 15 is 0 Å². The zero-order chi connectivity index (χ0) is 18.1. The topological polar surface area (TPSA) is 32.8 Å². The number of halogens is 2. The molecule has 2 saturated heterocycles. The van der Waals surface area contributed by atoms with Crippen LogP contribution in [0, 0.1) is 0 Å². The van der Waals surface area contributed by atoms with Gasteiger partial charge in [-0.05, 0) is 36.1 Å². The standard InChI is InChI=1S/C19H24Cl2N2O2S/c20-17-9-13-1-2-15(16(13)10-18(17)21)19(24)23-5-8-26-12-14(23)11-22-3-6-25-7-4-22/h9-10,14-15H,1-8,11-12H2. The molecule has 26 heavy (non-hydrogen) atoms. The summed E-state index contributed by atoms with van der Waals surface area (Å²) < 4.78 is 5.45. The molecule has 2 atom stereocenters. The summed E-state index contributed by atoms with van der Waals surface area (Å²) in [6.45, 7) is 5.30. The van der Waals surface area contributed by atoms with Gasteiger partial charge in [0.1, 0.15) is 0 Å². The second kappa shape index (κ2) is 8.27. The second-order valence-electron chi connectivity index (χ2n) is 7.23. The Bertz CT molecular complexity index is 682. The Balaban J connectivity index is 1.50. The minimum absolute atomic E-state index is 0.0740.